The Labute approximate surface area is 163 Å². The highest BCUT2D eigenvalue weighted by Crippen LogP contribution is 2.24. The van der Waals surface area contributed by atoms with E-state index in [4.69, 9.17) is 11.6 Å². The van der Waals surface area contributed by atoms with Crippen molar-refractivity contribution in [3.63, 3.8) is 0 Å². The zero-order valence-corrected chi connectivity index (χ0v) is 15.7. The zero-order chi connectivity index (χ0) is 18.6. The Balaban J connectivity index is 1.49. The summed E-state index contributed by atoms with van der Waals surface area (Å²) < 4.78 is 0. The first-order valence-corrected chi connectivity index (χ1v) is 9.61. The number of rotatable bonds is 4. The molecule has 1 N–H and O–H groups in total. The molecule has 0 aliphatic carbocycles. The summed E-state index contributed by atoms with van der Waals surface area (Å²) in [5.41, 5.74) is 2.57. The van der Waals surface area contributed by atoms with Crippen LogP contribution in [0.4, 0.5) is 5.82 Å². The lowest BCUT2D eigenvalue weighted by atomic mass is 10.1. The second-order valence-electron chi connectivity index (χ2n) is 6.75. The Morgan fingerprint density at radius 1 is 1.11 bits per heavy atom. The van der Waals surface area contributed by atoms with Crippen LogP contribution in [0.3, 0.4) is 0 Å². The maximum atomic E-state index is 12.6. The van der Waals surface area contributed by atoms with Crippen molar-refractivity contribution in [2.24, 2.45) is 0 Å². The predicted octanol–water partition coefficient (Wildman–Crippen LogP) is 4.52. The van der Waals surface area contributed by atoms with Crippen molar-refractivity contribution >= 4 is 34.2 Å². The van der Waals surface area contributed by atoms with E-state index in [1.807, 2.05) is 35.2 Å². The van der Waals surface area contributed by atoms with E-state index >= 15 is 0 Å². The number of amides is 1. The van der Waals surface area contributed by atoms with Crippen LogP contribution in [0.1, 0.15) is 35.2 Å². The van der Waals surface area contributed by atoms with E-state index in [1.165, 1.54) is 6.42 Å². The first-order chi connectivity index (χ1) is 13.2. The van der Waals surface area contributed by atoms with E-state index in [9.17, 15) is 4.79 Å². The number of piperidine rings is 1. The molecular formula is C21H21ClN4O. The van der Waals surface area contributed by atoms with Gasteiger partial charge in [0.2, 0.25) is 0 Å². The second-order valence-corrected chi connectivity index (χ2v) is 7.16. The molecule has 138 valence electrons. The molecule has 2 aromatic heterocycles. The summed E-state index contributed by atoms with van der Waals surface area (Å²) in [5, 5.41) is 4.80. The Bertz CT molecular complexity index is 964. The maximum absolute atomic E-state index is 12.6. The van der Waals surface area contributed by atoms with Gasteiger partial charge in [0.1, 0.15) is 5.82 Å². The Morgan fingerprint density at radius 2 is 1.93 bits per heavy atom. The molecule has 3 aromatic rings. The molecule has 0 radical (unpaired) electrons. The molecule has 3 heterocycles. The number of nitrogens with one attached hydrogen (secondary N) is 1. The van der Waals surface area contributed by atoms with Gasteiger partial charge in [-0.05, 0) is 37.0 Å². The molecule has 27 heavy (non-hydrogen) atoms. The lowest BCUT2D eigenvalue weighted by molar-refractivity contribution is 0.0724. The highest BCUT2D eigenvalue weighted by molar-refractivity contribution is 6.33. The summed E-state index contributed by atoms with van der Waals surface area (Å²) in [5.74, 6) is 0.577. The van der Waals surface area contributed by atoms with Crippen molar-refractivity contribution in [2.75, 3.05) is 18.4 Å². The lowest BCUT2D eigenvalue weighted by Crippen LogP contribution is -2.35. The number of hydrogen-bond donors (Lipinski definition) is 1. The highest BCUT2D eigenvalue weighted by Gasteiger charge is 2.19. The molecule has 0 atom stereocenters. The van der Waals surface area contributed by atoms with Crippen LogP contribution >= 0.6 is 11.6 Å². The lowest BCUT2D eigenvalue weighted by Gasteiger charge is -2.26. The third-order valence-electron chi connectivity index (χ3n) is 4.89. The van der Waals surface area contributed by atoms with Crippen molar-refractivity contribution in [3.8, 4) is 0 Å². The van der Waals surface area contributed by atoms with Crippen LogP contribution in [0, 0.1) is 0 Å². The molecular weight excluding hydrogens is 360 g/mol. The maximum Gasteiger partial charge on any atom is 0.255 e. The van der Waals surface area contributed by atoms with Crippen molar-refractivity contribution in [3.05, 3.63) is 64.9 Å². The minimum atomic E-state index is 0.00824. The third kappa shape index (κ3) is 3.88. The number of pyridine rings is 2. The molecule has 5 nitrogen and oxygen atoms in total. The number of aromatic nitrogens is 2. The van der Waals surface area contributed by atoms with Crippen LogP contribution in [0.5, 0.6) is 0 Å². The number of carbonyl (C=O) groups is 1. The normalized spacial score (nSPS) is 14.3. The smallest absolute Gasteiger partial charge is 0.255 e. The minimum Gasteiger partial charge on any atom is -0.365 e. The van der Waals surface area contributed by atoms with Gasteiger partial charge >= 0.3 is 0 Å². The average molecular weight is 381 g/mol. The van der Waals surface area contributed by atoms with Crippen LogP contribution in [0.15, 0.2) is 48.8 Å². The van der Waals surface area contributed by atoms with E-state index in [0.717, 1.165) is 42.4 Å². The summed E-state index contributed by atoms with van der Waals surface area (Å²) in [6, 6.07) is 11.8. The summed E-state index contributed by atoms with van der Waals surface area (Å²) >= 11 is 6.39. The van der Waals surface area contributed by atoms with Gasteiger partial charge in [-0.2, -0.15) is 0 Å². The molecule has 0 unspecified atom stereocenters. The molecule has 1 amide bonds. The van der Waals surface area contributed by atoms with Crippen LogP contribution < -0.4 is 5.32 Å². The van der Waals surface area contributed by atoms with Gasteiger partial charge in [0.25, 0.3) is 5.91 Å². The quantitative estimate of drug-likeness (QED) is 0.722. The summed E-state index contributed by atoms with van der Waals surface area (Å²) in [7, 11) is 0. The van der Waals surface area contributed by atoms with Crippen LogP contribution in [-0.4, -0.2) is 33.9 Å². The fourth-order valence-corrected chi connectivity index (χ4v) is 3.69. The standard InChI is InChI=1S/C21H21ClN4O/c22-18-12-17(21(27)26-10-2-1-3-11-26)14-25-20(18)24-13-16-7-4-6-15-8-5-9-23-19(15)16/h4-9,12,14H,1-3,10-11,13H2,(H,24,25). The summed E-state index contributed by atoms with van der Waals surface area (Å²) in [4.78, 5) is 23.3. The number of hydrogen-bond acceptors (Lipinski definition) is 4. The fraction of sp³-hybridized carbons (Fsp3) is 0.286. The van der Waals surface area contributed by atoms with E-state index in [-0.39, 0.29) is 5.91 Å². The number of benzene rings is 1. The van der Waals surface area contributed by atoms with E-state index in [0.29, 0.717) is 22.9 Å². The monoisotopic (exact) mass is 380 g/mol. The Kier molecular flexibility index (Phi) is 5.21. The van der Waals surface area contributed by atoms with Gasteiger partial charge in [-0.3, -0.25) is 9.78 Å². The second kappa shape index (κ2) is 7.92. The zero-order valence-electron chi connectivity index (χ0n) is 15.0. The Morgan fingerprint density at radius 3 is 2.74 bits per heavy atom. The van der Waals surface area contributed by atoms with Crippen molar-refractivity contribution in [1.82, 2.24) is 14.9 Å². The molecule has 1 aliphatic heterocycles. The molecule has 1 aromatic carbocycles. The average Bonchev–Trinajstić information content (AvgIpc) is 2.73. The number of fused-ring (bicyclic) bond motifs is 1. The largest absolute Gasteiger partial charge is 0.365 e. The number of carbonyl (C=O) groups excluding carboxylic acids is 1. The molecule has 0 saturated carbocycles. The van der Waals surface area contributed by atoms with Crippen LogP contribution in [0.2, 0.25) is 5.02 Å². The number of halogens is 1. The summed E-state index contributed by atoms with van der Waals surface area (Å²) in [6.07, 6.45) is 6.70. The molecule has 0 spiro atoms. The number of likely N-dealkylation sites (tertiary alicyclic amines) is 1. The van der Waals surface area contributed by atoms with Crippen LogP contribution in [-0.2, 0) is 6.54 Å². The number of nitrogens with zero attached hydrogens (tertiary/aromatic N) is 3. The fourth-order valence-electron chi connectivity index (χ4n) is 3.45. The van der Waals surface area contributed by atoms with E-state index in [2.05, 4.69) is 15.3 Å². The molecule has 1 aliphatic rings. The molecule has 6 heteroatoms. The number of anilines is 1. The van der Waals surface area contributed by atoms with Gasteiger partial charge < -0.3 is 10.2 Å². The Hall–Kier alpha value is -2.66. The van der Waals surface area contributed by atoms with Gasteiger partial charge in [-0.15, -0.1) is 0 Å². The minimum absolute atomic E-state index is 0.00824. The van der Waals surface area contributed by atoms with E-state index < -0.39 is 0 Å². The van der Waals surface area contributed by atoms with Gasteiger partial charge in [0.15, 0.2) is 0 Å². The number of para-hydroxylation sites is 1. The molecule has 1 saturated heterocycles. The van der Waals surface area contributed by atoms with Crippen molar-refractivity contribution in [1.29, 1.82) is 0 Å². The summed E-state index contributed by atoms with van der Waals surface area (Å²) in [6.45, 7) is 2.18. The van der Waals surface area contributed by atoms with Crippen LogP contribution in [0.25, 0.3) is 10.9 Å². The van der Waals surface area contributed by atoms with Gasteiger partial charge in [-0.25, -0.2) is 4.98 Å². The molecule has 4 rings (SSSR count). The third-order valence-corrected chi connectivity index (χ3v) is 5.18. The van der Waals surface area contributed by atoms with Crippen molar-refractivity contribution in [2.45, 2.75) is 25.8 Å². The van der Waals surface area contributed by atoms with Gasteiger partial charge in [-0.1, -0.05) is 35.9 Å². The van der Waals surface area contributed by atoms with Gasteiger partial charge in [0.05, 0.1) is 16.1 Å². The SMILES string of the molecule is O=C(c1cnc(NCc2cccc3cccnc23)c(Cl)c1)N1CCCCC1. The van der Waals surface area contributed by atoms with Gasteiger partial charge in [0, 0.05) is 37.4 Å². The predicted molar refractivity (Wildman–Crippen MR) is 108 cm³/mol. The highest BCUT2D eigenvalue weighted by atomic mass is 35.5. The molecule has 1 fully saturated rings. The first-order valence-electron chi connectivity index (χ1n) is 9.24. The topological polar surface area (TPSA) is 58.1 Å². The van der Waals surface area contributed by atoms with Crippen molar-refractivity contribution < 1.29 is 4.79 Å². The molecule has 0 bridgehead atoms. The first kappa shape index (κ1) is 17.7. The van der Waals surface area contributed by atoms with E-state index in [1.54, 1.807) is 18.5 Å².